The molecule has 4 nitrogen and oxygen atoms in total. The van der Waals surface area contributed by atoms with Gasteiger partial charge in [0.15, 0.2) is 0 Å². The van der Waals surface area contributed by atoms with Gasteiger partial charge in [-0.2, -0.15) is 0 Å². The van der Waals surface area contributed by atoms with E-state index in [-0.39, 0.29) is 23.6 Å². The van der Waals surface area contributed by atoms with E-state index in [1.807, 2.05) is 0 Å². The van der Waals surface area contributed by atoms with Crippen molar-refractivity contribution in [3.8, 4) is 0 Å². The number of nitrogens with one attached hydrogen (secondary N) is 1. The van der Waals surface area contributed by atoms with Gasteiger partial charge >= 0.3 is 0 Å². The average Bonchev–Trinajstić information content (AvgIpc) is 3.16. The maximum absolute atomic E-state index is 13.4. The minimum Gasteiger partial charge on any atom is -0.352 e. The number of halogens is 2. The van der Waals surface area contributed by atoms with Crippen LogP contribution in [0.3, 0.4) is 0 Å². The highest BCUT2D eigenvalue weighted by Crippen LogP contribution is 2.25. The molecule has 1 aliphatic rings. The third kappa shape index (κ3) is 2.38. The van der Waals surface area contributed by atoms with Crippen molar-refractivity contribution in [1.29, 1.82) is 0 Å². The van der Waals surface area contributed by atoms with Gasteiger partial charge in [0, 0.05) is 6.04 Å². The fraction of sp³-hybridized carbons (Fsp3) is 0.429. The Labute approximate surface area is 120 Å². The maximum Gasteiger partial charge on any atom is 0.243 e. The van der Waals surface area contributed by atoms with Crippen molar-refractivity contribution in [3.05, 3.63) is 29.8 Å². The molecule has 1 fully saturated rings. The van der Waals surface area contributed by atoms with Crippen LogP contribution in [0.2, 0.25) is 0 Å². The van der Waals surface area contributed by atoms with Crippen molar-refractivity contribution in [1.82, 2.24) is 14.9 Å². The Morgan fingerprint density at radius 3 is 3.00 bits per heavy atom. The standard InChI is InChI=1S/C14H15ClFN3O/c1-8(14(20)17-10-3-4-10)19-12-6-9(16)2-5-11(12)18-13(19)7-15/h2,5-6,8,10H,3-4,7H2,1H3,(H,17,20). The van der Waals surface area contributed by atoms with Crippen LogP contribution in [0, 0.1) is 5.82 Å². The van der Waals surface area contributed by atoms with Gasteiger partial charge in [0.1, 0.15) is 17.7 Å². The molecular formula is C14H15ClFN3O. The van der Waals surface area contributed by atoms with Crippen molar-refractivity contribution in [2.45, 2.75) is 37.7 Å². The molecule has 1 amide bonds. The highest BCUT2D eigenvalue weighted by atomic mass is 35.5. The number of hydrogen-bond acceptors (Lipinski definition) is 2. The van der Waals surface area contributed by atoms with Crippen molar-refractivity contribution < 1.29 is 9.18 Å². The summed E-state index contributed by atoms with van der Waals surface area (Å²) in [4.78, 5) is 16.5. The van der Waals surface area contributed by atoms with E-state index >= 15 is 0 Å². The summed E-state index contributed by atoms with van der Waals surface area (Å²) in [5.74, 6) is 0.319. The number of hydrogen-bond donors (Lipinski definition) is 1. The summed E-state index contributed by atoms with van der Waals surface area (Å²) >= 11 is 5.90. The zero-order valence-corrected chi connectivity index (χ0v) is 11.8. The number of imidazole rings is 1. The van der Waals surface area contributed by atoms with E-state index in [2.05, 4.69) is 10.3 Å². The molecule has 1 atom stereocenters. The SMILES string of the molecule is CC(C(=O)NC1CC1)n1c(CCl)nc2ccc(F)cc21. The molecule has 2 aromatic rings. The molecule has 0 saturated heterocycles. The Morgan fingerprint density at radius 2 is 2.35 bits per heavy atom. The largest absolute Gasteiger partial charge is 0.352 e. The molecule has 0 aliphatic heterocycles. The smallest absolute Gasteiger partial charge is 0.243 e. The molecule has 1 aromatic heterocycles. The summed E-state index contributed by atoms with van der Waals surface area (Å²) in [5, 5.41) is 2.95. The predicted molar refractivity (Wildman–Crippen MR) is 75.1 cm³/mol. The first-order valence-electron chi connectivity index (χ1n) is 6.63. The Hall–Kier alpha value is -1.62. The van der Waals surface area contributed by atoms with Crippen molar-refractivity contribution in [3.63, 3.8) is 0 Å². The monoisotopic (exact) mass is 295 g/mol. The van der Waals surface area contributed by atoms with Crippen molar-refractivity contribution in [2.75, 3.05) is 0 Å². The molecule has 1 N–H and O–H groups in total. The Morgan fingerprint density at radius 1 is 1.60 bits per heavy atom. The van der Waals surface area contributed by atoms with Crippen LogP contribution in [-0.2, 0) is 10.7 Å². The molecule has 1 aromatic carbocycles. The van der Waals surface area contributed by atoms with E-state index in [0.29, 0.717) is 16.9 Å². The van der Waals surface area contributed by atoms with Crippen LogP contribution >= 0.6 is 11.6 Å². The van der Waals surface area contributed by atoms with Gasteiger partial charge in [-0.25, -0.2) is 9.37 Å². The van der Waals surface area contributed by atoms with E-state index in [9.17, 15) is 9.18 Å². The normalized spacial score (nSPS) is 16.4. The fourth-order valence-corrected chi connectivity index (χ4v) is 2.50. The minimum atomic E-state index is -0.462. The lowest BCUT2D eigenvalue weighted by atomic mass is 10.2. The molecule has 3 rings (SSSR count). The van der Waals surface area contributed by atoms with Gasteiger partial charge in [0.25, 0.3) is 0 Å². The van der Waals surface area contributed by atoms with Gasteiger partial charge < -0.3 is 9.88 Å². The van der Waals surface area contributed by atoms with E-state index in [1.165, 1.54) is 12.1 Å². The summed E-state index contributed by atoms with van der Waals surface area (Å²) in [7, 11) is 0. The third-order valence-corrected chi connectivity index (χ3v) is 3.77. The van der Waals surface area contributed by atoms with Crippen LogP contribution in [0.4, 0.5) is 4.39 Å². The number of nitrogens with zero attached hydrogens (tertiary/aromatic N) is 2. The quantitative estimate of drug-likeness (QED) is 0.882. The van der Waals surface area contributed by atoms with Crippen molar-refractivity contribution >= 4 is 28.5 Å². The van der Waals surface area contributed by atoms with Crippen LogP contribution in [0.1, 0.15) is 31.6 Å². The predicted octanol–water partition coefficient (Wildman–Crippen LogP) is 2.75. The van der Waals surface area contributed by atoms with Gasteiger partial charge in [-0.1, -0.05) is 0 Å². The summed E-state index contributed by atoms with van der Waals surface area (Å²) in [6.07, 6.45) is 2.06. The third-order valence-electron chi connectivity index (χ3n) is 3.53. The first-order valence-corrected chi connectivity index (χ1v) is 7.16. The van der Waals surface area contributed by atoms with E-state index in [1.54, 1.807) is 17.6 Å². The lowest BCUT2D eigenvalue weighted by Crippen LogP contribution is -2.33. The van der Waals surface area contributed by atoms with Crippen LogP contribution in [0.5, 0.6) is 0 Å². The zero-order valence-electron chi connectivity index (χ0n) is 11.1. The molecule has 0 radical (unpaired) electrons. The second-order valence-corrected chi connectivity index (χ2v) is 5.39. The molecule has 1 saturated carbocycles. The Kier molecular flexibility index (Phi) is 3.38. The number of aromatic nitrogens is 2. The Bertz CT molecular complexity index is 666. The molecule has 1 aliphatic carbocycles. The molecule has 0 spiro atoms. The molecular weight excluding hydrogens is 281 g/mol. The second kappa shape index (κ2) is 5.05. The summed E-state index contributed by atoms with van der Waals surface area (Å²) in [6.45, 7) is 1.78. The zero-order chi connectivity index (χ0) is 14.3. The van der Waals surface area contributed by atoms with Crippen LogP contribution in [-0.4, -0.2) is 21.5 Å². The van der Waals surface area contributed by atoms with Crippen molar-refractivity contribution in [2.24, 2.45) is 0 Å². The molecule has 1 unspecified atom stereocenters. The first-order chi connectivity index (χ1) is 9.60. The summed E-state index contributed by atoms with van der Waals surface area (Å²) in [5.41, 5.74) is 1.24. The summed E-state index contributed by atoms with van der Waals surface area (Å²) < 4.78 is 15.2. The highest BCUT2D eigenvalue weighted by Gasteiger charge is 2.28. The molecule has 6 heteroatoms. The fourth-order valence-electron chi connectivity index (χ4n) is 2.31. The molecule has 106 valence electrons. The van der Waals surface area contributed by atoms with E-state index in [0.717, 1.165) is 12.8 Å². The number of rotatable bonds is 4. The summed E-state index contributed by atoms with van der Waals surface area (Å²) in [6, 6.07) is 4.17. The number of amides is 1. The molecule has 1 heterocycles. The van der Waals surface area contributed by atoms with Crippen LogP contribution < -0.4 is 5.32 Å². The van der Waals surface area contributed by atoms with Gasteiger partial charge in [-0.3, -0.25) is 4.79 Å². The van der Waals surface area contributed by atoms with E-state index in [4.69, 9.17) is 11.6 Å². The average molecular weight is 296 g/mol. The second-order valence-electron chi connectivity index (χ2n) is 5.12. The minimum absolute atomic E-state index is 0.0811. The molecule has 20 heavy (non-hydrogen) atoms. The van der Waals surface area contributed by atoms with Gasteiger partial charge in [-0.15, -0.1) is 11.6 Å². The number of benzene rings is 1. The van der Waals surface area contributed by atoms with E-state index < -0.39 is 6.04 Å². The van der Waals surface area contributed by atoms with Gasteiger partial charge in [-0.05, 0) is 38.0 Å². The lowest BCUT2D eigenvalue weighted by molar-refractivity contribution is -0.123. The Balaban J connectivity index is 2.02. The number of alkyl halides is 1. The van der Waals surface area contributed by atoms with Crippen LogP contribution in [0.15, 0.2) is 18.2 Å². The first kappa shape index (κ1) is 13.4. The van der Waals surface area contributed by atoms with Gasteiger partial charge in [0.05, 0.1) is 16.9 Å². The number of fused-ring (bicyclic) bond motifs is 1. The number of carbonyl (C=O) groups excluding carboxylic acids is 1. The maximum atomic E-state index is 13.4. The van der Waals surface area contributed by atoms with Gasteiger partial charge in [0.2, 0.25) is 5.91 Å². The van der Waals surface area contributed by atoms with Crippen LogP contribution in [0.25, 0.3) is 11.0 Å². The number of carbonyl (C=O) groups is 1. The topological polar surface area (TPSA) is 46.9 Å². The molecule has 0 bridgehead atoms. The lowest BCUT2D eigenvalue weighted by Gasteiger charge is -2.16. The highest BCUT2D eigenvalue weighted by molar-refractivity contribution is 6.17.